The van der Waals surface area contributed by atoms with Crippen molar-refractivity contribution in [2.24, 2.45) is 11.8 Å². The van der Waals surface area contributed by atoms with Crippen molar-refractivity contribution in [1.29, 1.82) is 0 Å². The SMILES string of the molecule is CCC(I)C(=O)OC12CC3CC(CC(O)(C3)C1)C2. The second-order valence-corrected chi connectivity index (χ2v) is 8.17. The topological polar surface area (TPSA) is 46.5 Å². The van der Waals surface area contributed by atoms with Crippen molar-refractivity contribution in [3.63, 3.8) is 0 Å². The summed E-state index contributed by atoms with van der Waals surface area (Å²) in [4.78, 5) is 12.1. The van der Waals surface area contributed by atoms with Crippen molar-refractivity contribution < 1.29 is 14.6 Å². The highest BCUT2D eigenvalue weighted by Gasteiger charge is 2.59. The largest absolute Gasteiger partial charge is 0.458 e. The molecular formula is C14H21IO3. The quantitative estimate of drug-likeness (QED) is 0.476. The second-order valence-electron chi connectivity index (χ2n) is 6.67. The second kappa shape index (κ2) is 4.33. The van der Waals surface area contributed by atoms with Gasteiger partial charge < -0.3 is 9.84 Å². The van der Waals surface area contributed by atoms with Gasteiger partial charge >= 0.3 is 5.97 Å². The van der Waals surface area contributed by atoms with Crippen LogP contribution in [0.5, 0.6) is 0 Å². The lowest BCUT2D eigenvalue weighted by atomic mass is 9.52. The minimum atomic E-state index is -0.544. The molecule has 0 spiro atoms. The lowest BCUT2D eigenvalue weighted by Gasteiger charge is -2.59. The van der Waals surface area contributed by atoms with Crippen LogP contribution in [-0.2, 0) is 9.53 Å². The zero-order valence-corrected chi connectivity index (χ0v) is 13.0. The molecule has 3 nitrogen and oxygen atoms in total. The molecule has 102 valence electrons. The highest BCUT2D eigenvalue weighted by molar-refractivity contribution is 14.1. The summed E-state index contributed by atoms with van der Waals surface area (Å²) >= 11 is 2.16. The molecule has 4 fully saturated rings. The van der Waals surface area contributed by atoms with E-state index in [1.807, 2.05) is 6.92 Å². The summed E-state index contributed by atoms with van der Waals surface area (Å²) in [5, 5.41) is 10.6. The highest BCUT2D eigenvalue weighted by atomic mass is 127. The number of aliphatic hydroxyl groups is 1. The van der Waals surface area contributed by atoms with Crippen molar-refractivity contribution in [1.82, 2.24) is 0 Å². The monoisotopic (exact) mass is 364 g/mol. The summed E-state index contributed by atoms with van der Waals surface area (Å²) in [5.74, 6) is 1.06. The fraction of sp³-hybridized carbons (Fsp3) is 0.929. The molecule has 18 heavy (non-hydrogen) atoms. The molecule has 4 rings (SSSR count). The number of carbonyl (C=O) groups is 1. The van der Waals surface area contributed by atoms with Crippen molar-refractivity contribution in [2.45, 2.75) is 67.0 Å². The fourth-order valence-electron chi connectivity index (χ4n) is 4.69. The first-order valence-electron chi connectivity index (χ1n) is 7.03. The number of hydrogen-bond donors (Lipinski definition) is 1. The summed E-state index contributed by atoms with van der Waals surface area (Å²) in [5.41, 5.74) is -0.883. The molecule has 0 aromatic carbocycles. The average molecular weight is 364 g/mol. The molecule has 0 amide bonds. The van der Waals surface area contributed by atoms with Gasteiger partial charge in [-0.1, -0.05) is 29.5 Å². The Balaban J connectivity index is 1.77. The van der Waals surface area contributed by atoms with Crippen molar-refractivity contribution in [3.05, 3.63) is 0 Å². The molecule has 1 N–H and O–H groups in total. The van der Waals surface area contributed by atoms with Crippen molar-refractivity contribution >= 4 is 28.6 Å². The van der Waals surface area contributed by atoms with Crippen molar-refractivity contribution in [2.75, 3.05) is 0 Å². The summed E-state index contributed by atoms with van der Waals surface area (Å²) in [7, 11) is 0. The molecule has 4 bridgehead atoms. The molecule has 3 unspecified atom stereocenters. The van der Waals surface area contributed by atoms with E-state index in [0.717, 1.165) is 32.1 Å². The maximum atomic E-state index is 12.1. The van der Waals surface area contributed by atoms with Gasteiger partial charge in [0, 0.05) is 6.42 Å². The molecule has 0 radical (unpaired) electrons. The fourth-order valence-corrected chi connectivity index (χ4v) is 4.82. The van der Waals surface area contributed by atoms with Gasteiger partial charge in [-0.3, -0.25) is 4.79 Å². The number of alkyl halides is 1. The first-order chi connectivity index (χ1) is 8.44. The van der Waals surface area contributed by atoms with Crippen LogP contribution >= 0.6 is 22.6 Å². The van der Waals surface area contributed by atoms with Gasteiger partial charge in [0.15, 0.2) is 0 Å². The molecular weight excluding hydrogens is 343 g/mol. The van der Waals surface area contributed by atoms with Gasteiger partial charge in [0.05, 0.1) is 5.60 Å². The molecule has 0 aromatic rings. The first kappa shape index (κ1) is 13.2. The van der Waals surface area contributed by atoms with E-state index in [-0.39, 0.29) is 15.5 Å². The van der Waals surface area contributed by atoms with Gasteiger partial charge in [-0.15, -0.1) is 0 Å². The van der Waals surface area contributed by atoms with Gasteiger partial charge in [-0.05, 0) is 50.4 Å². The Morgan fingerprint density at radius 1 is 1.39 bits per heavy atom. The Bertz CT molecular complexity index is 354. The molecule has 4 heteroatoms. The zero-order chi connectivity index (χ0) is 13.0. The standard InChI is InChI=1S/C14H21IO3/c1-2-11(15)12(16)18-14-6-9-3-10(7-14)5-13(17,4-9)8-14/h9-11,17H,2-8H2,1H3. The Morgan fingerprint density at radius 2 is 2.00 bits per heavy atom. The van der Waals surface area contributed by atoms with E-state index in [9.17, 15) is 9.90 Å². The van der Waals surface area contributed by atoms with Gasteiger partial charge in [-0.25, -0.2) is 0 Å². The minimum absolute atomic E-state index is 0.0507. The lowest BCUT2D eigenvalue weighted by Crippen LogP contribution is -2.60. The normalized spacial score (nSPS) is 47.1. The highest BCUT2D eigenvalue weighted by Crippen LogP contribution is 2.58. The molecule has 4 aliphatic rings. The molecule has 4 saturated carbocycles. The van der Waals surface area contributed by atoms with E-state index in [2.05, 4.69) is 22.6 Å². The predicted octanol–water partition coefficient (Wildman–Crippen LogP) is 2.83. The van der Waals surface area contributed by atoms with Crippen LogP contribution in [-0.4, -0.2) is 26.2 Å². The smallest absolute Gasteiger partial charge is 0.319 e. The number of hydrogen-bond acceptors (Lipinski definition) is 3. The van der Waals surface area contributed by atoms with Crippen LogP contribution in [0.15, 0.2) is 0 Å². The molecule has 0 aromatic heterocycles. The number of halogens is 1. The zero-order valence-electron chi connectivity index (χ0n) is 10.8. The van der Waals surface area contributed by atoms with Crippen LogP contribution in [0.3, 0.4) is 0 Å². The Morgan fingerprint density at radius 3 is 2.50 bits per heavy atom. The van der Waals surface area contributed by atoms with E-state index in [1.165, 1.54) is 6.42 Å². The van der Waals surface area contributed by atoms with Crippen LogP contribution in [0.2, 0.25) is 0 Å². The first-order valence-corrected chi connectivity index (χ1v) is 8.27. The lowest BCUT2D eigenvalue weighted by molar-refractivity contribution is -0.219. The van der Waals surface area contributed by atoms with Crippen molar-refractivity contribution in [3.8, 4) is 0 Å². The van der Waals surface area contributed by atoms with E-state index >= 15 is 0 Å². The minimum Gasteiger partial charge on any atom is -0.458 e. The molecule has 0 heterocycles. The van der Waals surface area contributed by atoms with Crippen LogP contribution in [0.1, 0.15) is 51.9 Å². The van der Waals surface area contributed by atoms with Gasteiger partial charge in [0.2, 0.25) is 0 Å². The Kier molecular flexibility index (Phi) is 3.17. The molecule has 0 aliphatic heterocycles. The van der Waals surface area contributed by atoms with Crippen LogP contribution in [0.4, 0.5) is 0 Å². The molecule has 0 saturated heterocycles. The Labute approximate surface area is 122 Å². The summed E-state index contributed by atoms with van der Waals surface area (Å²) in [6, 6.07) is 0. The van der Waals surface area contributed by atoms with Gasteiger partial charge in [0.1, 0.15) is 9.53 Å². The Hall–Kier alpha value is 0.160. The number of ether oxygens (including phenoxy) is 1. The third-order valence-electron chi connectivity index (χ3n) is 4.91. The van der Waals surface area contributed by atoms with Crippen LogP contribution in [0.25, 0.3) is 0 Å². The third-order valence-corrected chi connectivity index (χ3v) is 6.30. The number of carbonyl (C=O) groups excluding carboxylic acids is 1. The average Bonchev–Trinajstić information content (AvgIpc) is 2.23. The van der Waals surface area contributed by atoms with Crippen LogP contribution in [0, 0.1) is 11.8 Å². The van der Waals surface area contributed by atoms with E-state index in [0.29, 0.717) is 18.3 Å². The van der Waals surface area contributed by atoms with Crippen LogP contribution < -0.4 is 0 Å². The predicted molar refractivity (Wildman–Crippen MR) is 76.6 cm³/mol. The number of rotatable bonds is 3. The maximum Gasteiger partial charge on any atom is 0.319 e. The summed E-state index contributed by atoms with van der Waals surface area (Å²) in [6.45, 7) is 2.01. The van der Waals surface area contributed by atoms with Gasteiger partial charge in [0.25, 0.3) is 0 Å². The van der Waals surface area contributed by atoms with Gasteiger partial charge in [-0.2, -0.15) is 0 Å². The third kappa shape index (κ3) is 2.19. The molecule has 3 atom stereocenters. The van der Waals surface area contributed by atoms with E-state index < -0.39 is 5.60 Å². The van der Waals surface area contributed by atoms with E-state index in [1.54, 1.807) is 0 Å². The summed E-state index contributed by atoms with van der Waals surface area (Å²) in [6.07, 6.45) is 6.51. The number of esters is 1. The summed E-state index contributed by atoms with van der Waals surface area (Å²) < 4.78 is 5.81. The molecule has 4 aliphatic carbocycles. The van der Waals surface area contributed by atoms with E-state index in [4.69, 9.17) is 4.74 Å². The maximum absolute atomic E-state index is 12.1.